The molecule has 0 spiro atoms. The van der Waals surface area contributed by atoms with Gasteiger partial charge < -0.3 is 20.5 Å². The predicted octanol–water partition coefficient (Wildman–Crippen LogP) is 0.611. The van der Waals surface area contributed by atoms with Crippen molar-refractivity contribution < 1.29 is 18.5 Å². The highest BCUT2D eigenvalue weighted by Crippen LogP contribution is 2.26. The fourth-order valence-electron chi connectivity index (χ4n) is 1.40. The van der Waals surface area contributed by atoms with Crippen molar-refractivity contribution in [1.29, 1.82) is 0 Å². The Morgan fingerprint density at radius 3 is 2.79 bits per heavy atom. The lowest BCUT2D eigenvalue weighted by atomic mass is 10.2. The number of ether oxygens (including phenoxy) is 2. The number of carbonyl (C=O) groups excluding carboxylic acids is 1. The van der Waals surface area contributed by atoms with Crippen molar-refractivity contribution in [3.63, 3.8) is 0 Å². The molecule has 0 aliphatic carbocycles. The van der Waals surface area contributed by atoms with Gasteiger partial charge in [-0.15, -0.1) is 0 Å². The SMILES string of the molecule is COCCS(=O)CC(=O)Nc1cc(N)ccc1OC. The van der Waals surface area contributed by atoms with E-state index in [9.17, 15) is 9.00 Å². The third-order valence-electron chi connectivity index (χ3n) is 2.30. The lowest BCUT2D eigenvalue weighted by molar-refractivity contribution is -0.113. The Bertz CT molecular complexity index is 465. The molecule has 1 unspecified atom stereocenters. The van der Waals surface area contributed by atoms with Crippen molar-refractivity contribution >= 4 is 28.1 Å². The van der Waals surface area contributed by atoms with Crippen LogP contribution in [0.3, 0.4) is 0 Å². The van der Waals surface area contributed by atoms with E-state index < -0.39 is 10.8 Å². The minimum absolute atomic E-state index is 0.0820. The summed E-state index contributed by atoms with van der Waals surface area (Å²) in [6, 6.07) is 4.92. The first kappa shape index (κ1) is 15.5. The maximum atomic E-state index is 11.7. The zero-order valence-corrected chi connectivity index (χ0v) is 11.8. The molecule has 1 aromatic rings. The number of rotatable bonds is 7. The van der Waals surface area contributed by atoms with E-state index in [2.05, 4.69) is 5.32 Å². The van der Waals surface area contributed by atoms with E-state index in [4.69, 9.17) is 15.2 Å². The molecular formula is C12H18N2O4S. The molecule has 1 rings (SSSR count). The monoisotopic (exact) mass is 286 g/mol. The molecule has 0 fully saturated rings. The van der Waals surface area contributed by atoms with Gasteiger partial charge in [-0.05, 0) is 18.2 Å². The Morgan fingerprint density at radius 1 is 1.42 bits per heavy atom. The number of anilines is 2. The maximum Gasteiger partial charge on any atom is 0.237 e. The second-order valence-electron chi connectivity index (χ2n) is 3.79. The van der Waals surface area contributed by atoms with Crippen LogP contribution in [0.15, 0.2) is 18.2 Å². The van der Waals surface area contributed by atoms with Gasteiger partial charge in [0.05, 0.1) is 19.4 Å². The third-order valence-corrected chi connectivity index (χ3v) is 3.51. The normalized spacial score (nSPS) is 11.9. The third kappa shape index (κ3) is 5.27. The molecule has 0 bridgehead atoms. The summed E-state index contributed by atoms with van der Waals surface area (Å²) in [6.45, 7) is 0.363. The van der Waals surface area contributed by atoms with Crippen LogP contribution in [0.1, 0.15) is 0 Å². The Morgan fingerprint density at radius 2 is 2.16 bits per heavy atom. The topological polar surface area (TPSA) is 90.7 Å². The molecule has 0 aliphatic heterocycles. The molecule has 6 nitrogen and oxygen atoms in total. The summed E-state index contributed by atoms with van der Waals surface area (Å²) in [4.78, 5) is 11.7. The smallest absolute Gasteiger partial charge is 0.237 e. The summed E-state index contributed by atoms with van der Waals surface area (Å²) in [5, 5.41) is 2.63. The molecule has 1 amide bonds. The highest BCUT2D eigenvalue weighted by Gasteiger charge is 2.11. The van der Waals surface area contributed by atoms with Gasteiger partial charge in [-0.2, -0.15) is 0 Å². The molecule has 19 heavy (non-hydrogen) atoms. The maximum absolute atomic E-state index is 11.7. The van der Waals surface area contributed by atoms with Crippen LogP contribution in [0, 0.1) is 0 Å². The van der Waals surface area contributed by atoms with Gasteiger partial charge >= 0.3 is 0 Å². The Balaban J connectivity index is 2.61. The average molecular weight is 286 g/mol. The molecule has 1 atom stereocenters. The number of nitrogens with one attached hydrogen (secondary N) is 1. The second kappa shape index (κ2) is 7.75. The zero-order chi connectivity index (χ0) is 14.3. The highest BCUT2D eigenvalue weighted by atomic mass is 32.2. The van der Waals surface area contributed by atoms with E-state index in [1.54, 1.807) is 18.2 Å². The predicted molar refractivity (Wildman–Crippen MR) is 75.8 cm³/mol. The molecule has 1 aromatic carbocycles. The Kier molecular flexibility index (Phi) is 6.31. The largest absolute Gasteiger partial charge is 0.495 e. The minimum Gasteiger partial charge on any atom is -0.495 e. The number of carbonyl (C=O) groups is 1. The van der Waals surface area contributed by atoms with E-state index >= 15 is 0 Å². The molecule has 0 heterocycles. The quantitative estimate of drug-likeness (QED) is 0.717. The van der Waals surface area contributed by atoms with Gasteiger partial charge in [0.15, 0.2) is 0 Å². The van der Waals surface area contributed by atoms with Gasteiger partial charge in [-0.3, -0.25) is 9.00 Å². The number of benzene rings is 1. The molecule has 106 valence electrons. The minimum atomic E-state index is -1.25. The first-order chi connectivity index (χ1) is 9.06. The van der Waals surface area contributed by atoms with Crippen molar-refractivity contribution in [1.82, 2.24) is 0 Å². The van der Waals surface area contributed by atoms with Crippen molar-refractivity contribution in [2.75, 3.05) is 43.4 Å². The molecule has 0 radical (unpaired) electrons. The van der Waals surface area contributed by atoms with Crippen LogP contribution < -0.4 is 15.8 Å². The van der Waals surface area contributed by atoms with Crippen molar-refractivity contribution in [2.45, 2.75) is 0 Å². The van der Waals surface area contributed by atoms with Gasteiger partial charge in [0.1, 0.15) is 11.5 Å². The Hall–Kier alpha value is -1.60. The fraction of sp³-hybridized carbons (Fsp3) is 0.417. The van der Waals surface area contributed by atoms with E-state index in [1.807, 2.05) is 0 Å². The standard InChI is InChI=1S/C12H18N2O4S/c1-17-5-6-19(16)8-12(15)14-10-7-9(13)3-4-11(10)18-2/h3-4,7H,5-6,8,13H2,1-2H3,(H,14,15). The van der Waals surface area contributed by atoms with Gasteiger partial charge in [0.2, 0.25) is 5.91 Å². The van der Waals surface area contributed by atoms with Crippen LogP contribution in [-0.2, 0) is 20.3 Å². The van der Waals surface area contributed by atoms with Crippen LogP contribution in [0.5, 0.6) is 5.75 Å². The first-order valence-electron chi connectivity index (χ1n) is 5.64. The lowest BCUT2D eigenvalue weighted by Gasteiger charge is -2.10. The molecule has 0 saturated heterocycles. The van der Waals surface area contributed by atoms with Gasteiger partial charge in [0, 0.05) is 29.3 Å². The van der Waals surface area contributed by atoms with Crippen LogP contribution >= 0.6 is 0 Å². The summed E-state index contributed by atoms with van der Waals surface area (Å²) in [7, 11) is 1.77. The molecule has 0 aromatic heterocycles. The Labute approximate surface area is 114 Å². The van der Waals surface area contributed by atoms with E-state index in [0.717, 1.165) is 0 Å². The van der Waals surface area contributed by atoms with Crippen molar-refractivity contribution in [2.24, 2.45) is 0 Å². The molecule has 3 N–H and O–H groups in total. The molecular weight excluding hydrogens is 268 g/mol. The second-order valence-corrected chi connectivity index (χ2v) is 5.37. The number of hydrogen-bond donors (Lipinski definition) is 2. The lowest BCUT2D eigenvalue weighted by Crippen LogP contribution is -2.22. The van der Waals surface area contributed by atoms with E-state index in [1.165, 1.54) is 14.2 Å². The van der Waals surface area contributed by atoms with E-state index in [-0.39, 0.29) is 11.7 Å². The van der Waals surface area contributed by atoms with Crippen LogP contribution in [0.4, 0.5) is 11.4 Å². The van der Waals surface area contributed by atoms with E-state index in [0.29, 0.717) is 29.5 Å². The summed E-state index contributed by atoms with van der Waals surface area (Å²) in [5.41, 5.74) is 6.62. The number of amides is 1. The molecule has 0 saturated carbocycles. The highest BCUT2D eigenvalue weighted by molar-refractivity contribution is 7.85. The molecule has 7 heteroatoms. The summed E-state index contributed by atoms with van der Waals surface area (Å²) < 4.78 is 21.4. The zero-order valence-electron chi connectivity index (χ0n) is 11.0. The number of nitrogens with two attached hydrogens (primary N) is 1. The van der Waals surface area contributed by atoms with Gasteiger partial charge in [0.25, 0.3) is 0 Å². The number of hydrogen-bond acceptors (Lipinski definition) is 5. The average Bonchev–Trinajstić information content (AvgIpc) is 2.36. The summed E-state index contributed by atoms with van der Waals surface area (Å²) >= 11 is 0. The van der Waals surface area contributed by atoms with Crippen molar-refractivity contribution in [3.05, 3.63) is 18.2 Å². The van der Waals surface area contributed by atoms with Gasteiger partial charge in [-0.1, -0.05) is 0 Å². The summed E-state index contributed by atoms with van der Waals surface area (Å²) in [5.74, 6) is 0.405. The van der Waals surface area contributed by atoms with Crippen LogP contribution in [0.2, 0.25) is 0 Å². The van der Waals surface area contributed by atoms with Crippen LogP contribution in [-0.4, -0.2) is 42.4 Å². The number of methoxy groups -OCH3 is 2. The molecule has 0 aliphatic rings. The van der Waals surface area contributed by atoms with Crippen molar-refractivity contribution in [3.8, 4) is 5.75 Å². The fourth-order valence-corrected chi connectivity index (χ4v) is 2.27. The van der Waals surface area contributed by atoms with Gasteiger partial charge in [-0.25, -0.2) is 0 Å². The van der Waals surface area contributed by atoms with Crippen LogP contribution in [0.25, 0.3) is 0 Å². The first-order valence-corrected chi connectivity index (χ1v) is 7.13. The number of nitrogen functional groups attached to an aromatic ring is 1. The summed E-state index contributed by atoms with van der Waals surface area (Å²) in [6.07, 6.45) is 0.